The summed E-state index contributed by atoms with van der Waals surface area (Å²) in [5.41, 5.74) is 1.90. The molecule has 0 unspecified atom stereocenters. The van der Waals surface area contributed by atoms with Crippen molar-refractivity contribution >= 4 is 22.4 Å². The van der Waals surface area contributed by atoms with Crippen LogP contribution in [0.15, 0.2) is 29.6 Å². The van der Waals surface area contributed by atoms with Crippen LogP contribution in [0.25, 0.3) is 11.3 Å². The number of amides is 1. The summed E-state index contributed by atoms with van der Waals surface area (Å²) in [5, 5.41) is 5.47. The van der Waals surface area contributed by atoms with E-state index in [0.29, 0.717) is 11.6 Å². The molecule has 1 aromatic carbocycles. The van der Waals surface area contributed by atoms with Gasteiger partial charge in [-0.3, -0.25) is 4.79 Å². The van der Waals surface area contributed by atoms with Gasteiger partial charge < -0.3 is 10.1 Å². The molecule has 0 spiro atoms. The number of unbranched alkanes of at least 4 members (excludes halogenated alkanes) is 2. The maximum absolute atomic E-state index is 11.7. The Morgan fingerprint density at radius 3 is 2.61 bits per heavy atom. The number of carbonyl (C=O) groups excluding carboxylic acids is 1. The van der Waals surface area contributed by atoms with Gasteiger partial charge in [-0.1, -0.05) is 26.7 Å². The first kappa shape index (κ1) is 17.5. The summed E-state index contributed by atoms with van der Waals surface area (Å²) in [6, 6.07) is 7.92. The van der Waals surface area contributed by atoms with Crippen LogP contribution in [0.1, 0.15) is 46.0 Å². The fourth-order valence-electron chi connectivity index (χ4n) is 2.04. The molecule has 23 heavy (non-hydrogen) atoms. The Kier molecular flexibility index (Phi) is 7.07. The zero-order valence-corrected chi connectivity index (χ0v) is 14.6. The summed E-state index contributed by atoms with van der Waals surface area (Å²) in [5.74, 6) is 0.915. The Hall–Kier alpha value is -1.88. The Bertz CT molecular complexity index is 608. The van der Waals surface area contributed by atoms with E-state index in [1.807, 2.05) is 29.6 Å². The minimum absolute atomic E-state index is 0.0347. The summed E-state index contributed by atoms with van der Waals surface area (Å²) in [6.45, 7) is 4.97. The van der Waals surface area contributed by atoms with Crippen molar-refractivity contribution in [3.63, 3.8) is 0 Å². The predicted octanol–water partition coefficient (Wildman–Crippen LogP) is 5.12. The Labute approximate surface area is 141 Å². The molecule has 124 valence electrons. The average molecular weight is 332 g/mol. The highest BCUT2D eigenvalue weighted by Gasteiger charge is 2.08. The third-order valence-electron chi connectivity index (χ3n) is 3.42. The number of aromatic nitrogens is 1. The second-order valence-corrected chi connectivity index (χ2v) is 6.27. The van der Waals surface area contributed by atoms with Gasteiger partial charge in [-0.25, -0.2) is 4.98 Å². The van der Waals surface area contributed by atoms with Crippen molar-refractivity contribution in [1.82, 2.24) is 4.98 Å². The minimum Gasteiger partial charge on any atom is -0.494 e. The third-order valence-corrected chi connectivity index (χ3v) is 4.18. The average Bonchev–Trinajstić information content (AvgIpc) is 3.02. The summed E-state index contributed by atoms with van der Waals surface area (Å²) in [6.07, 6.45) is 4.67. The van der Waals surface area contributed by atoms with Gasteiger partial charge >= 0.3 is 0 Å². The Morgan fingerprint density at radius 1 is 1.17 bits per heavy atom. The lowest BCUT2D eigenvalue weighted by molar-refractivity contribution is -0.116. The summed E-state index contributed by atoms with van der Waals surface area (Å²) >= 11 is 1.45. The monoisotopic (exact) mass is 332 g/mol. The molecular formula is C18H24N2O2S. The maximum atomic E-state index is 11.7. The number of rotatable bonds is 9. The molecule has 0 saturated carbocycles. The van der Waals surface area contributed by atoms with Crippen LogP contribution in [0.5, 0.6) is 5.75 Å². The molecule has 2 rings (SSSR count). The second-order valence-electron chi connectivity index (χ2n) is 5.42. The number of hydrogen-bond acceptors (Lipinski definition) is 4. The molecule has 0 aliphatic carbocycles. The van der Waals surface area contributed by atoms with E-state index in [4.69, 9.17) is 4.74 Å². The minimum atomic E-state index is 0.0347. The van der Waals surface area contributed by atoms with Crippen molar-refractivity contribution in [2.45, 2.75) is 46.0 Å². The van der Waals surface area contributed by atoms with Gasteiger partial charge in [-0.05, 0) is 37.1 Å². The fraction of sp³-hybridized carbons (Fsp3) is 0.444. The summed E-state index contributed by atoms with van der Waals surface area (Å²) < 4.78 is 5.66. The molecule has 2 aromatic rings. The van der Waals surface area contributed by atoms with Crippen molar-refractivity contribution in [2.75, 3.05) is 11.9 Å². The van der Waals surface area contributed by atoms with E-state index in [0.717, 1.165) is 49.3 Å². The van der Waals surface area contributed by atoms with Gasteiger partial charge in [-0.2, -0.15) is 0 Å². The van der Waals surface area contributed by atoms with Crippen LogP contribution < -0.4 is 10.1 Å². The molecule has 0 atom stereocenters. The number of carbonyl (C=O) groups is 1. The van der Waals surface area contributed by atoms with Gasteiger partial charge in [-0.15, -0.1) is 11.3 Å². The fourth-order valence-corrected chi connectivity index (χ4v) is 2.77. The molecule has 0 radical (unpaired) electrons. The van der Waals surface area contributed by atoms with Crippen LogP contribution in [0.2, 0.25) is 0 Å². The number of ether oxygens (including phenoxy) is 1. The standard InChI is InChI=1S/C18H24N2O2S/c1-3-5-7-17(21)20-18-19-16(13-23-18)14-8-10-15(11-9-14)22-12-6-4-2/h8-11,13H,3-7,12H2,1-2H3,(H,19,20,21). The lowest BCUT2D eigenvalue weighted by atomic mass is 10.2. The highest BCUT2D eigenvalue weighted by Crippen LogP contribution is 2.26. The number of thiazole rings is 1. The van der Waals surface area contributed by atoms with E-state index in [2.05, 4.69) is 24.1 Å². The maximum Gasteiger partial charge on any atom is 0.226 e. The largest absolute Gasteiger partial charge is 0.494 e. The lowest BCUT2D eigenvalue weighted by Crippen LogP contribution is -2.10. The van der Waals surface area contributed by atoms with E-state index in [1.165, 1.54) is 11.3 Å². The summed E-state index contributed by atoms with van der Waals surface area (Å²) in [4.78, 5) is 16.2. The molecule has 0 fully saturated rings. The smallest absolute Gasteiger partial charge is 0.226 e. The second kappa shape index (κ2) is 9.30. The molecule has 1 N–H and O–H groups in total. The number of anilines is 1. The molecular weight excluding hydrogens is 308 g/mol. The highest BCUT2D eigenvalue weighted by molar-refractivity contribution is 7.14. The Morgan fingerprint density at radius 2 is 1.91 bits per heavy atom. The highest BCUT2D eigenvalue weighted by atomic mass is 32.1. The summed E-state index contributed by atoms with van der Waals surface area (Å²) in [7, 11) is 0. The predicted molar refractivity (Wildman–Crippen MR) is 96.1 cm³/mol. The first-order valence-corrected chi connectivity index (χ1v) is 9.09. The van der Waals surface area contributed by atoms with Crippen molar-refractivity contribution in [2.24, 2.45) is 0 Å². The van der Waals surface area contributed by atoms with E-state index in [9.17, 15) is 4.79 Å². The van der Waals surface area contributed by atoms with Gasteiger partial charge in [0.2, 0.25) is 5.91 Å². The number of hydrogen-bond donors (Lipinski definition) is 1. The molecule has 1 heterocycles. The lowest BCUT2D eigenvalue weighted by Gasteiger charge is -2.05. The van der Waals surface area contributed by atoms with Gasteiger partial charge in [0.1, 0.15) is 5.75 Å². The van der Waals surface area contributed by atoms with Crippen molar-refractivity contribution in [1.29, 1.82) is 0 Å². The van der Waals surface area contributed by atoms with Crippen molar-refractivity contribution in [3.8, 4) is 17.0 Å². The van der Waals surface area contributed by atoms with Gasteiger partial charge in [0, 0.05) is 17.4 Å². The number of nitrogens with zero attached hydrogens (tertiary/aromatic N) is 1. The molecule has 1 aromatic heterocycles. The van der Waals surface area contributed by atoms with Crippen molar-refractivity contribution in [3.05, 3.63) is 29.6 Å². The molecule has 0 aliphatic heterocycles. The normalized spacial score (nSPS) is 10.5. The SMILES string of the molecule is CCCCOc1ccc(-c2csc(NC(=O)CCCC)n2)cc1. The topological polar surface area (TPSA) is 51.2 Å². The molecule has 1 amide bonds. The quantitative estimate of drug-likeness (QED) is 0.649. The van der Waals surface area contributed by atoms with Crippen LogP contribution in [-0.4, -0.2) is 17.5 Å². The van der Waals surface area contributed by atoms with E-state index < -0.39 is 0 Å². The molecule has 0 aliphatic rings. The van der Waals surface area contributed by atoms with Crippen LogP contribution in [0.3, 0.4) is 0 Å². The third kappa shape index (κ3) is 5.67. The van der Waals surface area contributed by atoms with Crippen LogP contribution in [0.4, 0.5) is 5.13 Å². The molecule has 0 bridgehead atoms. The van der Waals surface area contributed by atoms with Crippen LogP contribution >= 0.6 is 11.3 Å². The zero-order valence-electron chi connectivity index (χ0n) is 13.8. The van der Waals surface area contributed by atoms with E-state index in [1.54, 1.807) is 0 Å². The van der Waals surface area contributed by atoms with Crippen LogP contribution in [-0.2, 0) is 4.79 Å². The number of benzene rings is 1. The zero-order chi connectivity index (χ0) is 16.5. The Balaban J connectivity index is 1.93. The van der Waals surface area contributed by atoms with Gasteiger partial charge in [0.15, 0.2) is 5.13 Å². The molecule has 0 saturated heterocycles. The number of nitrogens with one attached hydrogen (secondary N) is 1. The molecule has 4 nitrogen and oxygen atoms in total. The van der Waals surface area contributed by atoms with E-state index in [-0.39, 0.29) is 5.91 Å². The van der Waals surface area contributed by atoms with Crippen molar-refractivity contribution < 1.29 is 9.53 Å². The first-order chi connectivity index (χ1) is 11.2. The van der Waals surface area contributed by atoms with Crippen LogP contribution in [0, 0.1) is 0 Å². The first-order valence-electron chi connectivity index (χ1n) is 8.21. The van der Waals surface area contributed by atoms with Gasteiger partial charge in [0.25, 0.3) is 0 Å². The van der Waals surface area contributed by atoms with Gasteiger partial charge in [0.05, 0.1) is 12.3 Å². The molecule has 5 heteroatoms. The van der Waals surface area contributed by atoms with E-state index >= 15 is 0 Å².